The maximum atomic E-state index is 13.6. The number of nitrogens with one attached hydrogen (secondary N) is 2. The molecule has 1 aromatic carbocycles. The molecule has 0 radical (unpaired) electrons. The van der Waals surface area contributed by atoms with Crippen LogP contribution in [0.1, 0.15) is 71.4 Å². The molecule has 5 fully saturated rings. The molecule has 24 heteroatoms. The highest BCUT2D eigenvalue weighted by molar-refractivity contribution is 5.81. The minimum Gasteiger partial charge on any atom is -0.394 e. The van der Waals surface area contributed by atoms with Crippen LogP contribution in [-0.4, -0.2) is 222 Å². The van der Waals surface area contributed by atoms with Crippen molar-refractivity contribution >= 4 is 17.7 Å². The first-order valence-electron chi connectivity index (χ1n) is 24.1. The molecule has 10 N–H and O–H groups in total. The molecule has 3 amide bonds. The molecule has 24 nitrogen and oxygen atoms in total. The maximum absolute atomic E-state index is 13.6. The number of carbonyl (C=O) groups is 3. The van der Waals surface area contributed by atoms with Crippen LogP contribution in [0.5, 0.6) is 0 Å². The fourth-order valence-electron chi connectivity index (χ4n) is 9.90. The van der Waals surface area contributed by atoms with Gasteiger partial charge in [0, 0.05) is 32.5 Å². The zero-order valence-electron chi connectivity index (χ0n) is 40.0. The molecular weight excluding hydrogens is 925 g/mol. The number of ether oxygens (including phenoxy) is 7. The summed E-state index contributed by atoms with van der Waals surface area (Å²) < 4.78 is 45.0. The number of benzene rings is 1. The minimum absolute atomic E-state index is 0.0120. The third kappa shape index (κ3) is 12.2. The van der Waals surface area contributed by atoms with Crippen LogP contribution >= 0.6 is 0 Å². The van der Waals surface area contributed by atoms with Crippen molar-refractivity contribution in [1.82, 2.24) is 30.5 Å². The van der Waals surface area contributed by atoms with Crippen molar-refractivity contribution in [2.75, 3.05) is 32.9 Å². The van der Waals surface area contributed by atoms with Gasteiger partial charge in [-0.05, 0) is 51.5 Å². The molecule has 9 unspecified atom stereocenters. The molecule has 70 heavy (non-hydrogen) atoms. The Hall–Kier alpha value is -3.83. The summed E-state index contributed by atoms with van der Waals surface area (Å²) in [4.78, 5) is 41.1. The number of aromatic nitrogens is 3. The largest absolute Gasteiger partial charge is 0.394 e. The van der Waals surface area contributed by atoms with E-state index in [1.165, 1.54) is 25.5 Å². The van der Waals surface area contributed by atoms with E-state index in [1.807, 2.05) is 38.1 Å². The van der Waals surface area contributed by atoms with Crippen LogP contribution in [0.25, 0.3) is 11.3 Å². The van der Waals surface area contributed by atoms with Gasteiger partial charge in [-0.3, -0.25) is 14.4 Å². The Labute approximate surface area is 405 Å². The fraction of sp³-hybridized carbons (Fsp3) is 0.761. The molecule has 4 saturated heterocycles. The monoisotopic (exact) mass is 994 g/mol. The van der Waals surface area contributed by atoms with Crippen LogP contribution in [0.3, 0.4) is 0 Å². The van der Waals surface area contributed by atoms with Crippen LogP contribution in [-0.2, 0) is 47.5 Å². The number of hydrogen-bond acceptors (Lipinski definition) is 20. The highest BCUT2D eigenvalue weighted by atomic mass is 16.7. The summed E-state index contributed by atoms with van der Waals surface area (Å²) in [6, 6.07) is 4.02. The van der Waals surface area contributed by atoms with E-state index in [9.17, 15) is 55.2 Å². The molecule has 20 atom stereocenters. The summed E-state index contributed by atoms with van der Waals surface area (Å²) >= 11 is 0. The Balaban J connectivity index is 1.18. The molecule has 5 heterocycles. The van der Waals surface area contributed by atoms with Gasteiger partial charge in [0.1, 0.15) is 84.9 Å². The van der Waals surface area contributed by atoms with Gasteiger partial charge in [0.15, 0.2) is 18.9 Å². The molecule has 392 valence electrons. The van der Waals surface area contributed by atoms with E-state index in [1.54, 1.807) is 11.1 Å². The Morgan fingerprint density at radius 2 is 1.53 bits per heavy atom. The topological polar surface area (TPSA) is 336 Å². The van der Waals surface area contributed by atoms with E-state index in [0.717, 1.165) is 17.5 Å². The smallest absolute Gasteiger partial charge is 0.251 e. The standard InChI is InChI=1S/C46H70N6O18/c1-6-9-29(43(63)51-12-8-13-51)66-42-33(48-24(5)56)44(68-32(19-54)37(42)59)67-30-16-25(15-27(47-23(4)55)41(30)70-46-40(62)39(61)35(57)22(3)65-46)20-64-45-38(60)34(36(58)31(18-53)69-45)52-17-28(49-50-52)26-11-7-10-21(2)14-26/h7,10-11,14,17,22,25,27,29-42,44-46,53-54,57-62H,6,8-9,12-13,15-16,18-20H2,1-5H3,(H,47,55)(H,48,56)/t22?,25?,27-,29+,30-,31-,32?,33?,34?,35-,36-,37+,38?,39+,40?,41?,42?,44-,45+,46+/m1/s1. The number of aliphatic hydroxyl groups excluding tert-OH is 8. The first-order chi connectivity index (χ1) is 33.4. The van der Waals surface area contributed by atoms with Gasteiger partial charge in [-0.1, -0.05) is 42.3 Å². The molecule has 5 aliphatic rings. The average molecular weight is 995 g/mol. The summed E-state index contributed by atoms with van der Waals surface area (Å²) in [5.74, 6) is -1.99. The third-order valence-electron chi connectivity index (χ3n) is 13.7. The Morgan fingerprint density at radius 1 is 0.829 bits per heavy atom. The van der Waals surface area contributed by atoms with Crippen LogP contribution in [0.4, 0.5) is 0 Å². The molecule has 1 aliphatic carbocycles. The Bertz CT molecular complexity index is 2050. The van der Waals surface area contributed by atoms with Gasteiger partial charge in [-0.25, -0.2) is 4.68 Å². The third-order valence-corrected chi connectivity index (χ3v) is 13.7. The van der Waals surface area contributed by atoms with Crippen LogP contribution in [0, 0.1) is 12.8 Å². The number of carbonyl (C=O) groups excluding carboxylic acids is 3. The summed E-state index contributed by atoms with van der Waals surface area (Å²) in [6.45, 7) is 7.21. The molecule has 2 aromatic rings. The zero-order valence-corrected chi connectivity index (χ0v) is 40.0. The fourth-order valence-corrected chi connectivity index (χ4v) is 9.90. The Kier molecular flexibility index (Phi) is 18.4. The van der Waals surface area contributed by atoms with E-state index >= 15 is 0 Å². The summed E-state index contributed by atoms with van der Waals surface area (Å²) in [6.07, 6.45) is -19.3. The number of aryl methyl sites for hydroxylation is 1. The van der Waals surface area contributed by atoms with Crippen LogP contribution in [0.15, 0.2) is 30.5 Å². The van der Waals surface area contributed by atoms with Crippen LogP contribution < -0.4 is 10.6 Å². The van der Waals surface area contributed by atoms with Gasteiger partial charge in [-0.2, -0.15) is 0 Å². The molecule has 7 rings (SSSR count). The highest BCUT2D eigenvalue weighted by Gasteiger charge is 2.54. The van der Waals surface area contributed by atoms with Gasteiger partial charge in [0.25, 0.3) is 5.91 Å². The molecule has 1 aromatic heterocycles. The number of aliphatic hydroxyl groups is 8. The van der Waals surface area contributed by atoms with E-state index in [-0.39, 0.29) is 31.8 Å². The quantitative estimate of drug-likeness (QED) is 0.0718. The SMILES string of the molecule is CCC[C@H](OC1C(NC(C)=O)[C@H](O[C@@H]2CC(CO[C@H]3O[C@H](CO)[C@@H](O)C(n4cc(-c5cccc(C)c5)nn4)C3O)C[C@@H](NC(C)=O)C2O[C@@H]2OC(C)[C@@H](O)[C@H](O)C2O)OC(CO)[C@@H]1O)C(=O)N1CCC1. The number of rotatable bonds is 18. The first kappa shape index (κ1) is 54.0. The molecule has 0 bridgehead atoms. The van der Waals surface area contributed by atoms with Gasteiger partial charge in [-0.15, -0.1) is 5.10 Å². The first-order valence-corrected chi connectivity index (χ1v) is 24.1. The van der Waals surface area contributed by atoms with E-state index in [4.69, 9.17) is 33.2 Å². The predicted octanol–water partition coefficient (Wildman–Crippen LogP) is -2.87. The van der Waals surface area contributed by atoms with Crippen molar-refractivity contribution in [2.24, 2.45) is 5.92 Å². The minimum atomic E-state index is -1.78. The van der Waals surface area contributed by atoms with Gasteiger partial charge in [0.2, 0.25) is 11.8 Å². The number of likely N-dealkylation sites (tertiary alicyclic amines) is 1. The number of hydrogen-bond donors (Lipinski definition) is 10. The number of amides is 3. The normalized spacial score (nSPS) is 38.4. The van der Waals surface area contributed by atoms with Gasteiger partial charge >= 0.3 is 0 Å². The van der Waals surface area contributed by atoms with Crippen molar-refractivity contribution < 1.29 is 88.4 Å². The van der Waals surface area contributed by atoms with E-state index in [0.29, 0.717) is 25.2 Å². The second-order valence-corrected chi connectivity index (χ2v) is 19.1. The predicted molar refractivity (Wildman–Crippen MR) is 239 cm³/mol. The summed E-state index contributed by atoms with van der Waals surface area (Å²) in [5.41, 5.74) is 2.19. The summed E-state index contributed by atoms with van der Waals surface area (Å²) in [5, 5.41) is 102. The number of nitrogens with zero attached hydrogens (tertiary/aromatic N) is 4. The van der Waals surface area contributed by atoms with Gasteiger partial charge in [0.05, 0.1) is 44.3 Å². The van der Waals surface area contributed by atoms with Crippen molar-refractivity contribution in [3.8, 4) is 11.3 Å². The van der Waals surface area contributed by atoms with Crippen molar-refractivity contribution in [3.63, 3.8) is 0 Å². The summed E-state index contributed by atoms with van der Waals surface area (Å²) in [7, 11) is 0. The lowest BCUT2D eigenvalue weighted by atomic mass is 9.81. The zero-order chi connectivity index (χ0) is 50.6. The molecule has 1 saturated carbocycles. The highest BCUT2D eigenvalue weighted by Crippen LogP contribution is 2.38. The lowest BCUT2D eigenvalue weighted by Crippen LogP contribution is -2.68. The van der Waals surface area contributed by atoms with Crippen molar-refractivity contribution in [1.29, 1.82) is 0 Å². The van der Waals surface area contributed by atoms with Gasteiger partial charge < -0.3 is 89.5 Å². The average Bonchev–Trinajstić information content (AvgIpc) is 3.79. The Morgan fingerprint density at radius 3 is 2.17 bits per heavy atom. The second-order valence-electron chi connectivity index (χ2n) is 19.1. The van der Waals surface area contributed by atoms with Crippen LogP contribution in [0.2, 0.25) is 0 Å². The molecule has 4 aliphatic heterocycles. The molecule has 0 spiro atoms. The lowest BCUT2D eigenvalue weighted by Gasteiger charge is -2.49. The molecular formula is C46H70N6O18. The van der Waals surface area contributed by atoms with Crippen molar-refractivity contribution in [2.45, 2.75) is 183 Å². The second kappa shape index (κ2) is 23.8. The maximum Gasteiger partial charge on any atom is 0.251 e. The van der Waals surface area contributed by atoms with E-state index in [2.05, 4.69) is 20.9 Å². The van der Waals surface area contributed by atoms with E-state index < -0.39 is 147 Å². The van der Waals surface area contributed by atoms with Crippen molar-refractivity contribution in [3.05, 3.63) is 36.0 Å². The lowest BCUT2D eigenvalue weighted by molar-refractivity contribution is -0.337.